The van der Waals surface area contributed by atoms with Gasteiger partial charge in [-0.1, -0.05) is 30.0 Å². The molecule has 76 valence electrons. The van der Waals surface area contributed by atoms with Crippen molar-refractivity contribution in [3.63, 3.8) is 0 Å². The summed E-state index contributed by atoms with van der Waals surface area (Å²) in [6.07, 6.45) is 0.468. The minimum atomic E-state index is -0.148. The SMILES string of the molecule is CC(C#N)c1ccccc1C#CCCO. The zero-order chi connectivity index (χ0) is 11.1. The summed E-state index contributed by atoms with van der Waals surface area (Å²) < 4.78 is 0. The second-order valence-corrected chi connectivity index (χ2v) is 3.21. The fourth-order valence-electron chi connectivity index (χ4n) is 1.27. The first-order valence-corrected chi connectivity index (χ1v) is 4.88. The van der Waals surface area contributed by atoms with Crippen LogP contribution in [0.25, 0.3) is 0 Å². The van der Waals surface area contributed by atoms with Crippen LogP contribution in [0.2, 0.25) is 0 Å². The van der Waals surface area contributed by atoms with Crippen LogP contribution in [0.15, 0.2) is 24.3 Å². The number of hydrogen-bond donors (Lipinski definition) is 1. The van der Waals surface area contributed by atoms with E-state index in [0.717, 1.165) is 11.1 Å². The zero-order valence-electron chi connectivity index (χ0n) is 8.70. The van der Waals surface area contributed by atoms with Gasteiger partial charge in [0.15, 0.2) is 0 Å². The van der Waals surface area contributed by atoms with Crippen molar-refractivity contribution in [2.24, 2.45) is 0 Å². The summed E-state index contributed by atoms with van der Waals surface area (Å²) in [5.41, 5.74) is 1.82. The maximum atomic E-state index is 8.85. The van der Waals surface area contributed by atoms with E-state index in [4.69, 9.17) is 10.4 Å². The smallest absolute Gasteiger partial charge is 0.0701 e. The molecule has 2 nitrogen and oxygen atoms in total. The van der Waals surface area contributed by atoms with Crippen molar-refractivity contribution in [3.05, 3.63) is 35.4 Å². The number of nitriles is 1. The Labute approximate surface area is 90.2 Å². The first-order chi connectivity index (χ1) is 7.29. The molecule has 0 aliphatic rings. The third-order valence-corrected chi connectivity index (χ3v) is 2.08. The van der Waals surface area contributed by atoms with Gasteiger partial charge in [0.05, 0.1) is 18.6 Å². The van der Waals surface area contributed by atoms with E-state index >= 15 is 0 Å². The van der Waals surface area contributed by atoms with Crippen molar-refractivity contribution in [3.8, 4) is 17.9 Å². The molecule has 0 amide bonds. The Balaban J connectivity index is 2.99. The van der Waals surface area contributed by atoms with Gasteiger partial charge >= 0.3 is 0 Å². The molecule has 0 saturated heterocycles. The van der Waals surface area contributed by atoms with Crippen molar-refractivity contribution in [2.45, 2.75) is 19.3 Å². The van der Waals surface area contributed by atoms with Gasteiger partial charge in [-0.2, -0.15) is 5.26 Å². The fraction of sp³-hybridized carbons (Fsp3) is 0.308. The van der Waals surface area contributed by atoms with E-state index < -0.39 is 0 Å². The van der Waals surface area contributed by atoms with E-state index in [1.54, 1.807) is 0 Å². The molecule has 0 saturated carbocycles. The molecule has 1 atom stereocenters. The molecule has 1 aromatic rings. The predicted octanol–water partition coefficient (Wildman–Crippen LogP) is 2.05. The Morgan fingerprint density at radius 2 is 2.13 bits per heavy atom. The molecule has 0 heterocycles. The summed E-state index contributed by atoms with van der Waals surface area (Å²) in [4.78, 5) is 0. The van der Waals surface area contributed by atoms with Crippen molar-refractivity contribution in [1.29, 1.82) is 5.26 Å². The van der Waals surface area contributed by atoms with Crippen LogP contribution < -0.4 is 0 Å². The first kappa shape index (κ1) is 11.3. The third kappa shape index (κ3) is 3.13. The molecular weight excluding hydrogens is 186 g/mol. The largest absolute Gasteiger partial charge is 0.395 e. The standard InChI is InChI=1S/C13H13NO/c1-11(10-14)13-8-3-2-6-12(13)7-4-5-9-15/h2-3,6,8,11,15H,5,9H2,1H3. The molecule has 1 N–H and O–H groups in total. The zero-order valence-corrected chi connectivity index (χ0v) is 8.70. The maximum Gasteiger partial charge on any atom is 0.0701 e. The van der Waals surface area contributed by atoms with Gasteiger partial charge in [0.25, 0.3) is 0 Å². The van der Waals surface area contributed by atoms with E-state index in [2.05, 4.69) is 17.9 Å². The molecule has 2 heteroatoms. The Bertz CT molecular complexity index is 420. The van der Waals surface area contributed by atoms with Crippen LogP contribution in [0.5, 0.6) is 0 Å². The van der Waals surface area contributed by atoms with Crippen molar-refractivity contribution in [1.82, 2.24) is 0 Å². The molecule has 0 fully saturated rings. The summed E-state index contributed by atoms with van der Waals surface area (Å²) in [5, 5.41) is 17.5. The number of benzene rings is 1. The number of hydrogen-bond acceptors (Lipinski definition) is 2. The predicted molar refractivity (Wildman–Crippen MR) is 59.1 cm³/mol. The molecule has 1 rings (SSSR count). The number of aliphatic hydroxyl groups excluding tert-OH is 1. The third-order valence-electron chi connectivity index (χ3n) is 2.08. The number of aliphatic hydroxyl groups is 1. The fourth-order valence-corrected chi connectivity index (χ4v) is 1.27. The van der Waals surface area contributed by atoms with Gasteiger partial charge in [0.1, 0.15) is 0 Å². The van der Waals surface area contributed by atoms with E-state index in [1.165, 1.54) is 0 Å². The Kier molecular flexibility index (Phi) is 4.41. The quantitative estimate of drug-likeness (QED) is 0.741. The van der Waals surface area contributed by atoms with Gasteiger partial charge in [-0.15, -0.1) is 0 Å². The summed E-state index contributed by atoms with van der Waals surface area (Å²) in [7, 11) is 0. The van der Waals surface area contributed by atoms with Crippen LogP contribution in [0.4, 0.5) is 0 Å². The second kappa shape index (κ2) is 5.86. The average molecular weight is 199 g/mol. The van der Waals surface area contributed by atoms with Crippen molar-refractivity contribution < 1.29 is 5.11 Å². The topological polar surface area (TPSA) is 44.0 Å². The van der Waals surface area contributed by atoms with E-state index in [0.29, 0.717) is 6.42 Å². The van der Waals surface area contributed by atoms with E-state index in [1.807, 2.05) is 31.2 Å². The van der Waals surface area contributed by atoms with Gasteiger partial charge in [0.2, 0.25) is 0 Å². The average Bonchev–Trinajstić information content (AvgIpc) is 2.29. The van der Waals surface area contributed by atoms with Gasteiger partial charge in [0, 0.05) is 12.0 Å². The minimum absolute atomic E-state index is 0.0724. The second-order valence-electron chi connectivity index (χ2n) is 3.21. The lowest BCUT2D eigenvalue weighted by Gasteiger charge is -2.04. The Morgan fingerprint density at radius 1 is 1.40 bits per heavy atom. The summed E-state index contributed by atoms with van der Waals surface area (Å²) in [6.45, 7) is 1.93. The Hall–Kier alpha value is -1.77. The molecule has 0 aliphatic carbocycles. The maximum absolute atomic E-state index is 8.85. The van der Waals surface area contributed by atoms with Gasteiger partial charge in [-0.3, -0.25) is 0 Å². The van der Waals surface area contributed by atoms with Crippen molar-refractivity contribution >= 4 is 0 Å². The molecule has 1 unspecified atom stereocenters. The van der Waals surface area contributed by atoms with E-state index in [9.17, 15) is 0 Å². The molecule has 1 aromatic carbocycles. The summed E-state index contributed by atoms with van der Waals surface area (Å²) >= 11 is 0. The number of rotatable bonds is 2. The lowest BCUT2D eigenvalue weighted by molar-refractivity contribution is 0.305. The van der Waals surface area contributed by atoms with Gasteiger partial charge in [-0.05, 0) is 18.6 Å². The van der Waals surface area contributed by atoms with Crippen LogP contribution >= 0.6 is 0 Å². The summed E-state index contributed by atoms with van der Waals surface area (Å²) in [5.74, 6) is 5.68. The molecule has 0 bridgehead atoms. The van der Waals surface area contributed by atoms with Crippen LogP contribution in [0.3, 0.4) is 0 Å². The highest BCUT2D eigenvalue weighted by atomic mass is 16.2. The lowest BCUT2D eigenvalue weighted by atomic mass is 9.97. The highest BCUT2D eigenvalue weighted by Crippen LogP contribution is 2.17. The van der Waals surface area contributed by atoms with Crippen LogP contribution in [0, 0.1) is 23.2 Å². The summed E-state index contributed by atoms with van der Waals surface area (Å²) in [6, 6.07) is 9.81. The molecule has 0 radical (unpaired) electrons. The molecule has 0 aliphatic heterocycles. The first-order valence-electron chi connectivity index (χ1n) is 4.88. The van der Waals surface area contributed by atoms with Gasteiger partial charge < -0.3 is 5.11 Å². The Morgan fingerprint density at radius 3 is 2.80 bits per heavy atom. The molecule has 0 spiro atoms. The molecule has 0 aromatic heterocycles. The minimum Gasteiger partial charge on any atom is -0.395 e. The normalized spacial score (nSPS) is 11.0. The monoisotopic (exact) mass is 199 g/mol. The highest BCUT2D eigenvalue weighted by Gasteiger charge is 2.06. The van der Waals surface area contributed by atoms with Crippen LogP contribution in [-0.2, 0) is 0 Å². The van der Waals surface area contributed by atoms with E-state index in [-0.39, 0.29) is 12.5 Å². The lowest BCUT2D eigenvalue weighted by Crippen LogP contribution is -1.93. The highest BCUT2D eigenvalue weighted by molar-refractivity contribution is 5.44. The molecular formula is C13H13NO. The van der Waals surface area contributed by atoms with Crippen LogP contribution in [-0.4, -0.2) is 11.7 Å². The number of nitrogens with zero attached hydrogens (tertiary/aromatic N) is 1. The molecule has 15 heavy (non-hydrogen) atoms. The van der Waals surface area contributed by atoms with Crippen LogP contribution in [0.1, 0.15) is 30.4 Å². The van der Waals surface area contributed by atoms with Crippen molar-refractivity contribution in [2.75, 3.05) is 6.61 Å². The van der Waals surface area contributed by atoms with Gasteiger partial charge in [-0.25, -0.2) is 0 Å².